The Kier molecular flexibility index (Phi) is 12.4. The topological polar surface area (TPSA) is 74.8 Å². The zero-order valence-corrected chi connectivity index (χ0v) is 16.3. The average Bonchev–Trinajstić information content (AvgIpc) is 2.53. The normalized spacial score (nSPS) is 10.7. The van der Waals surface area contributed by atoms with E-state index < -0.39 is 0 Å². The number of nitrogens with zero attached hydrogens (tertiary/aromatic N) is 1. The van der Waals surface area contributed by atoms with E-state index in [0.717, 1.165) is 5.56 Å². The largest absolute Gasteiger partial charge is 0.380 e. The second-order valence-corrected chi connectivity index (χ2v) is 4.75. The van der Waals surface area contributed by atoms with Crippen LogP contribution in [-0.2, 0) is 4.74 Å². The molecule has 7 heteroatoms. The first-order valence-electron chi connectivity index (χ1n) is 7.54. The molecular weight excluding hydrogens is 407 g/mol. The van der Waals surface area contributed by atoms with Gasteiger partial charge in [0.1, 0.15) is 0 Å². The molecule has 0 saturated carbocycles. The van der Waals surface area contributed by atoms with E-state index in [1.165, 1.54) is 0 Å². The number of aliphatic imine (C=N–C) groups is 1. The first kappa shape index (κ1) is 21.6. The van der Waals surface area contributed by atoms with Crippen LogP contribution in [0.25, 0.3) is 0 Å². The minimum Gasteiger partial charge on any atom is -0.380 e. The van der Waals surface area contributed by atoms with E-state index in [0.29, 0.717) is 44.4 Å². The van der Waals surface area contributed by atoms with Crippen LogP contribution in [0.5, 0.6) is 0 Å². The van der Waals surface area contributed by atoms with Gasteiger partial charge in [0, 0.05) is 38.9 Å². The maximum Gasteiger partial charge on any atom is 0.251 e. The van der Waals surface area contributed by atoms with Gasteiger partial charge in [0.05, 0.1) is 6.61 Å². The molecule has 1 aromatic rings. The summed E-state index contributed by atoms with van der Waals surface area (Å²) in [7, 11) is 1.71. The Morgan fingerprint density at radius 2 is 1.87 bits per heavy atom. The van der Waals surface area contributed by atoms with Gasteiger partial charge in [-0.1, -0.05) is 17.7 Å². The van der Waals surface area contributed by atoms with Gasteiger partial charge < -0.3 is 20.7 Å². The molecule has 3 N–H and O–H groups in total. The molecule has 23 heavy (non-hydrogen) atoms. The van der Waals surface area contributed by atoms with Crippen molar-refractivity contribution in [3.63, 3.8) is 0 Å². The maximum atomic E-state index is 12.0. The third kappa shape index (κ3) is 9.39. The van der Waals surface area contributed by atoms with E-state index in [4.69, 9.17) is 4.74 Å². The van der Waals surface area contributed by atoms with Gasteiger partial charge in [-0.15, -0.1) is 24.0 Å². The minimum atomic E-state index is -0.0650. The van der Waals surface area contributed by atoms with Gasteiger partial charge in [-0.05, 0) is 26.0 Å². The van der Waals surface area contributed by atoms with Crippen molar-refractivity contribution in [3.8, 4) is 0 Å². The van der Waals surface area contributed by atoms with E-state index in [1.54, 1.807) is 7.05 Å². The number of ether oxygens (including phenoxy) is 1. The van der Waals surface area contributed by atoms with Crippen LogP contribution in [0.4, 0.5) is 0 Å². The molecular formula is C16H27IN4O2. The lowest BCUT2D eigenvalue weighted by Crippen LogP contribution is -2.42. The van der Waals surface area contributed by atoms with Crippen LogP contribution in [-0.4, -0.2) is 51.8 Å². The maximum absolute atomic E-state index is 12.0. The van der Waals surface area contributed by atoms with Crippen molar-refractivity contribution < 1.29 is 9.53 Å². The van der Waals surface area contributed by atoms with E-state index in [-0.39, 0.29) is 29.9 Å². The smallest absolute Gasteiger partial charge is 0.251 e. The molecule has 0 saturated heterocycles. The van der Waals surface area contributed by atoms with Gasteiger partial charge in [0.15, 0.2) is 5.96 Å². The number of benzene rings is 1. The summed E-state index contributed by atoms with van der Waals surface area (Å²) in [4.78, 5) is 16.1. The van der Waals surface area contributed by atoms with Gasteiger partial charge in [-0.3, -0.25) is 9.79 Å². The van der Waals surface area contributed by atoms with Gasteiger partial charge in [-0.2, -0.15) is 0 Å². The standard InChI is InChI=1S/C16H26N4O2.HI/c1-4-22-11-10-20-16(17-3)19-9-8-18-15(21)14-7-5-6-13(2)12-14;/h5-7,12H,4,8-11H2,1-3H3,(H,18,21)(H2,17,19,20);1H. The number of guanidine groups is 1. The Labute approximate surface area is 155 Å². The fraction of sp³-hybridized carbons (Fsp3) is 0.500. The zero-order chi connectivity index (χ0) is 16.2. The summed E-state index contributed by atoms with van der Waals surface area (Å²) in [5.41, 5.74) is 1.75. The highest BCUT2D eigenvalue weighted by molar-refractivity contribution is 14.0. The van der Waals surface area contributed by atoms with Gasteiger partial charge in [-0.25, -0.2) is 0 Å². The molecule has 0 aliphatic rings. The fourth-order valence-electron chi connectivity index (χ4n) is 1.85. The number of hydrogen-bond acceptors (Lipinski definition) is 3. The molecule has 1 aromatic carbocycles. The predicted molar refractivity (Wildman–Crippen MR) is 105 cm³/mol. The quantitative estimate of drug-likeness (QED) is 0.251. The van der Waals surface area contributed by atoms with Crippen LogP contribution in [0.15, 0.2) is 29.3 Å². The number of aryl methyl sites for hydroxylation is 1. The van der Waals surface area contributed by atoms with Crippen LogP contribution in [0.2, 0.25) is 0 Å². The van der Waals surface area contributed by atoms with Gasteiger partial charge in [0.25, 0.3) is 5.91 Å². The van der Waals surface area contributed by atoms with Crippen LogP contribution in [0.1, 0.15) is 22.8 Å². The molecule has 0 aliphatic heterocycles. The molecule has 0 heterocycles. The summed E-state index contributed by atoms with van der Waals surface area (Å²) >= 11 is 0. The summed E-state index contributed by atoms with van der Waals surface area (Å²) < 4.78 is 5.24. The third-order valence-corrected chi connectivity index (χ3v) is 2.95. The highest BCUT2D eigenvalue weighted by Gasteiger charge is 2.04. The SMILES string of the molecule is CCOCCNC(=NC)NCCNC(=O)c1cccc(C)c1.I. The third-order valence-electron chi connectivity index (χ3n) is 2.95. The summed E-state index contributed by atoms with van der Waals surface area (Å²) in [5, 5.41) is 9.14. The van der Waals surface area contributed by atoms with Crippen molar-refractivity contribution in [2.45, 2.75) is 13.8 Å². The van der Waals surface area contributed by atoms with E-state index in [2.05, 4.69) is 20.9 Å². The van der Waals surface area contributed by atoms with E-state index in [9.17, 15) is 4.79 Å². The minimum absolute atomic E-state index is 0. The van der Waals surface area contributed by atoms with E-state index in [1.807, 2.05) is 38.1 Å². The number of carbonyl (C=O) groups excluding carboxylic acids is 1. The van der Waals surface area contributed by atoms with Crippen molar-refractivity contribution in [2.24, 2.45) is 4.99 Å². The van der Waals surface area contributed by atoms with Crippen molar-refractivity contribution in [1.29, 1.82) is 0 Å². The predicted octanol–water partition coefficient (Wildman–Crippen LogP) is 1.54. The fourth-order valence-corrected chi connectivity index (χ4v) is 1.85. The number of nitrogens with one attached hydrogen (secondary N) is 3. The van der Waals surface area contributed by atoms with Crippen molar-refractivity contribution in [2.75, 3.05) is 39.9 Å². The highest BCUT2D eigenvalue weighted by atomic mass is 127. The average molecular weight is 434 g/mol. The Hall–Kier alpha value is -1.35. The summed E-state index contributed by atoms with van der Waals surface area (Å²) in [6.45, 7) is 7.11. The molecule has 0 aromatic heterocycles. The highest BCUT2D eigenvalue weighted by Crippen LogP contribution is 2.03. The molecule has 1 amide bonds. The van der Waals surface area contributed by atoms with Gasteiger partial charge in [0.2, 0.25) is 0 Å². The lowest BCUT2D eigenvalue weighted by molar-refractivity contribution is 0.0954. The van der Waals surface area contributed by atoms with Gasteiger partial charge >= 0.3 is 0 Å². The van der Waals surface area contributed by atoms with Crippen molar-refractivity contribution >= 4 is 35.8 Å². The van der Waals surface area contributed by atoms with Crippen LogP contribution in [0.3, 0.4) is 0 Å². The summed E-state index contributed by atoms with van der Waals surface area (Å²) in [6, 6.07) is 7.53. The van der Waals surface area contributed by atoms with Crippen LogP contribution >= 0.6 is 24.0 Å². The molecule has 6 nitrogen and oxygen atoms in total. The first-order chi connectivity index (χ1) is 10.7. The zero-order valence-electron chi connectivity index (χ0n) is 14.0. The molecule has 130 valence electrons. The molecule has 1 rings (SSSR count). The molecule has 0 atom stereocenters. The molecule has 0 aliphatic carbocycles. The number of carbonyl (C=O) groups is 1. The van der Waals surface area contributed by atoms with Crippen LogP contribution < -0.4 is 16.0 Å². The molecule has 0 fully saturated rings. The number of hydrogen-bond donors (Lipinski definition) is 3. The number of halogens is 1. The van der Waals surface area contributed by atoms with E-state index >= 15 is 0 Å². The Bertz CT molecular complexity index is 495. The number of rotatable bonds is 8. The second kappa shape index (κ2) is 13.1. The van der Waals surface area contributed by atoms with Crippen LogP contribution in [0, 0.1) is 6.92 Å². The number of amides is 1. The first-order valence-corrected chi connectivity index (χ1v) is 7.54. The lowest BCUT2D eigenvalue weighted by Gasteiger charge is -2.12. The molecule has 0 radical (unpaired) electrons. The molecule has 0 spiro atoms. The van der Waals surface area contributed by atoms with Crippen molar-refractivity contribution in [1.82, 2.24) is 16.0 Å². The Morgan fingerprint density at radius 1 is 1.17 bits per heavy atom. The summed E-state index contributed by atoms with van der Waals surface area (Å²) in [6.07, 6.45) is 0. The Morgan fingerprint density at radius 3 is 2.52 bits per heavy atom. The van der Waals surface area contributed by atoms with Crippen molar-refractivity contribution in [3.05, 3.63) is 35.4 Å². The molecule has 0 unspecified atom stereocenters. The monoisotopic (exact) mass is 434 g/mol. The second-order valence-electron chi connectivity index (χ2n) is 4.75. The molecule has 0 bridgehead atoms. The lowest BCUT2D eigenvalue weighted by atomic mass is 10.1. The summed E-state index contributed by atoms with van der Waals surface area (Å²) in [5.74, 6) is 0.634. The Balaban J connectivity index is 0.00000484.